The van der Waals surface area contributed by atoms with Crippen molar-refractivity contribution in [2.45, 2.75) is 40.4 Å². The van der Waals surface area contributed by atoms with Crippen molar-refractivity contribution in [2.24, 2.45) is 0 Å². The van der Waals surface area contributed by atoms with E-state index in [4.69, 9.17) is 4.74 Å². The number of rotatable bonds is 8. The van der Waals surface area contributed by atoms with Crippen molar-refractivity contribution < 1.29 is 14.3 Å². The van der Waals surface area contributed by atoms with Crippen molar-refractivity contribution in [3.63, 3.8) is 0 Å². The van der Waals surface area contributed by atoms with Crippen LogP contribution < -0.4 is 0 Å². The monoisotopic (exact) mass is 408 g/mol. The number of aryl methyl sites for hydroxylation is 1. The molecule has 0 N–H and O–H groups in total. The van der Waals surface area contributed by atoms with Crippen LogP contribution in [0, 0.1) is 13.8 Å². The van der Waals surface area contributed by atoms with E-state index in [0.717, 1.165) is 17.0 Å². The zero-order valence-corrected chi connectivity index (χ0v) is 18.0. The molecule has 0 atom stereocenters. The number of nitrogens with zero attached hydrogens (tertiary/aromatic N) is 4. The number of aromatic nitrogens is 3. The Morgan fingerprint density at radius 1 is 1.13 bits per heavy atom. The summed E-state index contributed by atoms with van der Waals surface area (Å²) in [4.78, 5) is 26.5. The van der Waals surface area contributed by atoms with Gasteiger partial charge >= 0.3 is 5.97 Å². The van der Waals surface area contributed by atoms with E-state index in [1.165, 1.54) is 5.56 Å². The second-order valence-corrected chi connectivity index (χ2v) is 7.37. The smallest absolute Gasteiger partial charge is 0.339 e. The van der Waals surface area contributed by atoms with Crippen LogP contribution in [0.4, 0.5) is 0 Å². The Balaban J connectivity index is 1.62. The predicted molar refractivity (Wildman–Crippen MR) is 114 cm³/mol. The molecule has 7 heteroatoms. The zero-order chi connectivity index (χ0) is 21.7. The molecule has 0 aliphatic rings. The minimum Gasteiger partial charge on any atom is -0.462 e. The highest BCUT2D eigenvalue weighted by Gasteiger charge is 2.19. The Morgan fingerprint density at radius 2 is 1.87 bits per heavy atom. The van der Waals surface area contributed by atoms with Crippen LogP contribution in [0.5, 0.6) is 0 Å². The van der Waals surface area contributed by atoms with Gasteiger partial charge in [0.15, 0.2) is 0 Å². The van der Waals surface area contributed by atoms with Crippen molar-refractivity contribution in [1.29, 1.82) is 0 Å². The first-order chi connectivity index (χ1) is 14.4. The van der Waals surface area contributed by atoms with Crippen molar-refractivity contribution in [2.75, 3.05) is 13.7 Å². The fourth-order valence-electron chi connectivity index (χ4n) is 3.42. The lowest BCUT2D eigenvalue weighted by molar-refractivity contribution is -0.131. The number of benzene rings is 1. The Hall–Kier alpha value is -3.35. The van der Waals surface area contributed by atoms with Gasteiger partial charge < -0.3 is 14.2 Å². The van der Waals surface area contributed by atoms with E-state index in [1.807, 2.05) is 47.5 Å². The van der Waals surface area contributed by atoms with Crippen molar-refractivity contribution in [1.82, 2.24) is 19.2 Å². The Kier molecular flexibility index (Phi) is 6.72. The molecule has 2 heterocycles. The third kappa shape index (κ3) is 4.97. The second-order valence-electron chi connectivity index (χ2n) is 7.37. The van der Waals surface area contributed by atoms with Crippen LogP contribution in [-0.2, 0) is 29.2 Å². The van der Waals surface area contributed by atoms with Crippen molar-refractivity contribution >= 4 is 11.9 Å². The predicted octanol–water partition coefficient (Wildman–Crippen LogP) is 3.19. The van der Waals surface area contributed by atoms with Gasteiger partial charge in [-0.25, -0.2) is 4.79 Å². The highest BCUT2D eigenvalue weighted by atomic mass is 16.5. The molecule has 7 nitrogen and oxygen atoms in total. The molecule has 0 fully saturated rings. The van der Waals surface area contributed by atoms with Crippen LogP contribution in [0.25, 0.3) is 0 Å². The molecule has 0 spiro atoms. The first-order valence-corrected chi connectivity index (χ1v) is 10.0. The van der Waals surface area contributed by atoms with Gasteiger partial charge in [-0.15, -0.1) is 0 Å². The zero-order valence-electron chi connectivity index (χ0n) is 18.0. The van der Waals surface area contributed by atoms with E-state index in [1.54, 1.807) is 31.1 Å². The van der Waals surface area contributed by atoms with Crippen LogP contribution in [0.2, 0.25) is 0 Å². The van der Waals surface area contributed by atoms with Gasteiger partial charge in [-0.05, 0) is 32.4 Å². The molecule has 0 aliphatic carbocycles. The fraction of sp³-hybridized carbons (Fsp3) is 0.348. The summed E-state index contributed by atoms with van der Waals surface area (Å²) < 4.78 is 8.82. The molecule has 2 aromatic heterocycles. The number of carbonyl (C=O) groups is 2. The summed E-state index contributed by atoms with van der Waals surface area (Å²) >= 11 is 0. The Labute approximate surface area is 176 Å². The largest absolute Gasteiger partial charge is 0.462 e. The number of amides is 1. The SMILES string of the molecule is CCOC(=O)c1cc(C)n(CC(=O)N(C)Cc2cnn(Cc3ccccc3)c2)c1C. The van der Waals surface area contributed by atoms with Gasteiger partial charge in [0, 0.05) is 36.7 Å². The average molecular weight is 409 g/mol. The molecule has 0 bridgehead atoms. The lowest BCUT2D eigenvalue weighted by Crippen LogP contribution is -2.30. The molecule has 158 valence electrons. The molecule has 1 aromatic carbocycles. The number of ether oxygens (including phenoxy) is 1. The molecule has 0 aliphatic heterocycles. The highest BCUT2D eigenvalue weighted by Crippen LogP contribution is 2.17. The average Bonchev–Trinajstić information content (AvgIpc) is 3.27. The maximum absolute atomic E-state index is 12.8. The molecule has 0 saturated heterocycles. The van der Waals surface area contributed by atoms with Crippen molar-refractivity contribution in [3.8, 4) is 0 Å². The summed E-state index contributed by atoms with van der Waals surface area (Å²) in [5, 5.41) is 4.40. The minimum absolute atomic E-state index is 0.0389. The highest BCUT2D eigenvalue weighted by molar-refractivity contribution is 5.91. The maximum Gasteiger partial charge on any atom is 0.339 e. The fourth-order valence-corrected chi connectivity index (χ4v) is 3.42. The number of hydrogen-bond acceptors (Lipinski definition) is 4. The second kappa shape index (κ2) is 9.43. The normalized spacial score (nSPS) is 10.8. The lowest BCUT2D eigenvalue weighted by atomic mass is 10.2. The minimum atomic E-state index is -0.358. The van der Waals surface area contributed by atoms with Gasteiger partial charge in [-0.3, -0.25) is 9.48 Å². The standard InChI is InChI=1S/C23H28N4O3/c1-5-30-23(29)21-11-17(2)27(18(21)3)16-22(28)25(4)13-20-12-24-26(15-20)14-19-9-7-6-8-10-19/h6-12,15H,5,13-14,16H2,1-4H3. The first-order valence-electron chi connectivity index (χ1n) is 10.0. The maximum atomic E-state index is 12.8. The van der Waals surface area contributed by atoms with Crippen molar-refractivity contribution in [3.05, 3.63) is 76.9 Å². The van der Waals surface area contributed by atoms with E-state index >= 15 is 0 Å². The van der Waals surface area contributed by atoms with Gasteiger partial charge in [0.25, 0.3) is 0 Å². The molecule has 0 radical (unpaired) electrons. The summed E-state index contributed by atoms with van der Waals surface area (Å²) in [6, 6.07) is 11.9. The summed E-state index contributed by atoms with van der Waals surface area (Å²) in [7, 11) is 1.78. The van der Waals surface area contributed by atoms with Gasteiger partial charge in [-0.1, -0.05) is 30.3 Å². The molecule has 30 heavy (non-hydrogen) atoms. The van der Waals surface area contributed by atoms with E-state index in [2.05, 4.69) is 17.2 Å². The topological polar surface area (TPSA) is 69.4 Å². The Morgan fingerprint density at radius 3 is 2.57 bits per heavy atom. The van der Waals surface area contributed by atoms with Crippen LogP contribution in [0.1, 0.15) is 39.8 Å². The van der Waals surface area contributed by atoms with E-state index in [0.29, 0.717) is 25.3 Å². The molecular weight excluding hydrogens is 380 g/mol. The van der Waals surface area contributed by atoms with Gasteiger partial charge in [-0.2, -0.15) is 5.10 Å². The third-order valence-electron chi connectivity index (χ3n) is 5.08. The lowest BCUT2D eigenvalue weighted by Gasteiger charge is -2.18. The van der Waals surface area contributed by atoms with Crippen LogP contribution >= 0.6 is 0 Å². The molecule has 1 amide bonds. The summed E-state index contributed by atoms with van der Waals surface area (Å²) in [6.07, 6.45) is 3.75. The summed E-state index contributed by atoms with van der Waals surface area (Å²) in [5.74, 6) is -0.397. The molecular formula is C23H28N4O3. The van der Waals surface area contributed by atoms with E-state index in [9.17, 15) is 9.59 Å². The number of esters is 1. The van der Waals surface area contributed by atoms with E-state index in [-0.39, 0.29) is 18.4 Å². The first kappa shape index (κ1) is 21.4. The Bertz CT molecular complexity index is 1020. The quantitative estimate of drug-likeness (QED) is 0.537. The van der Waals surface area contributed by atoms with Crippen LogP contribution in [0.15, 0.2) is 48.8 Å². The number of carbonyl (C=O) groups excluding carboxylic acids is 2. The van der Waals surface area contributed by atoms with E-state index < -0.39 is 0 Å². The summed E-state index contributed by atoms with van der Waals surface area (Å²) in [5.41, 5.74) is 4.24. The van der Waals surface area contributed by atoms with Crippen LogP contribution in [0.3, 0.4) is 0 Å². The molecule has 3 aromatic rings. The number of likely N-dealkylation sites (N-methyl/N-ethyl adjacent to an activating group) is 1. The van der Waals surface area contributed by atoms with Gasteiger partial charge in [0.1, 0.15) is 6.54 Å². The van der Waals surface area contributed by atoms with Gasteiger partial charge in [0.2, 0.25) is 5.91 Å². The molecule has 0 saturated carbocycles. The molecule has 0 unspecified atom stereocenters. The summed E-state index contributed by atoms with van der Waals surface area (Å²) in [6.45, 7) is 7.15. The number of hydrogen-bond donors (Lipinski definition) is 0. The third-order valence-corrected chi connectivity index (χ3v) is 5.08. The van der Waals surface area contributed by atoms with Crippen LogP contribution in [-0.4, -0.2) is 44.8 Å². The van der Waals surface area contributed by atoms with Gasteiger partial charge in [0.05, 0.1) is 24.9 Å². The molecule has 3 rings (SSSR count).